The van der Waals surface area contributed by atoms with Gasteiger partial charge in [0.2, 0.25) is 0 Å². The number of nitrogens with zero attached hydrogens (tertiary/aromatic N) is 1. The van der Waals surface area contributed by atoms with Gasteiger partial charge in [-0.25, -0.2) is 4.79 Å². The lowest BCUT2D eigenvalue weighted by Crippen LogP contribution is -2.28. The minimum absolute atomic E-state index is 0.128. The standard InChI is InChI=1S/C19H17NO4.C6H8O2/c1-2-24-19(23)16-17(21)14-10-6-7-11-15(14)20(18(16)22)12-13-8-4-3-5-9-13;1-3-7-6-2-4-8-5(1)6/h3-11,21H,2,12H2,1H3;1,3,5-6H,2,4H2/t;5-,6-/m.1/s1. The highest BCUT2D eigenvalue weighted by Crippen LogP contribution is 2.27. The Balaban J connectivity index is 0.000000254. The van der Waals surface area contributed by atoms with Crippen LogP contribution in [0.5, 0.6) is 5.75 Å². The summed E-state index contributed by atoms with van der Waals surface area (Å²) in [6.07, 6.45) is 5.37. The highest BCUT2D eigenvalue weighted by molar-refractivity contribution is 5.99. The van der Waals surface area contributed by atoms with Gasteiger partial charge in [0.15, 0.2) is 5.56 Å². The quantitative estimate of drug-likeness (QED) is 0.630. The monoisotopic (exact) mass is 435 g/mol. The first kappa shape index (κ1) is 21.6. The molecule has 3 heterocycles. The van der Waals surface area contributed by atoms with Gasteiger partial charge < -0.3 is 23.9 Å². The van der Waals surface area contributed by atoms with Gasteiger partial charge in [-0.05, 0) is 30.7 Å². The SMILES string of the molecule is C1=C[C@H]2OCC[C@H]2O1.CCOC(=O)c1c(O)c2ccccc2n(Cc2ccccc2)c1=O. The lowest BCUT2D eigenvalue weighted by atomic mass is 10.1. The summed E-state index contributed by atoms with van der Waals surface area (Å²) >= 11 is 0. The fourth-order valence-corrected chi connectivity index (χ4v) is 3.84. The second-order valence-electron chi connectivity index (χ2n) is 7.47. The van der Waals surface area contributed by atoms with Crippen molar-refractivity contribution in [1.82, 2.24) is 4.57 Å². The third-order valence-corrected chi connectivity index (χ3v) is 5.41. The average molecular weight is 435 g/mol. The molecule has 1 fully saturated rings. The summed E-state index contributed by atoms with van der Waals surface area (Å²) in [4.78, 5) is 25.0. The van der Waals surface area contributed by atoms with E-state index < -0.39 is 11.5 Å². The zero-order chi connectivity index (χ0) is 22.5. The van der Waals surface area contributed by atoms with Crippen molar-refractivity contribution in [2.24, 2.45) is 0 Å². The van der Waals surface area contributed by atoms with Crippen LogP contribution in [0.4, 0.5) is 0 Å². The molecule has 166 valence electrons. The van der Waals surface area contributed by atoms with Crippen molar-refractivity contribution in [3.63, 3.8) is 0 Å². The van der Waals surface area contributed by atoms with Crippen LogP contribution in [0.3, 0.4) is 0 Å². The van der Waals surface area contributed by atoms with Crippen LogP contribution in [0.1, 0.15) is 29.3 Å². The number of aromatic nitrogens is 1. The molecule has 7 heteroatoms. The predicted molar refractivity (Wildman–Crippen MR) is 120 cm³/mol. The summed E-state index contributed by atoms with van der Waals surface area (Å²) in [7, 11) is 0. The molecule has 2 aliphatic rings. The van der Waals surface area contributed by atoms with Crippen LogP contribution in [0, 0.1) is 0 Å². The zero-order valence-corrected chi connectivity index (χ0v) is 17.8. The first-order valence-electron chi connectivity index (χ1n) is 10.6. The van der Waals surface area contributed by atoms with E-state index in [0.717, 1.165) is 18.6 Å². The Labute approximate surface area is 185 Å². The molecule has 1 aromatic heterocycles. The van der Waals surface area contributed by atoms with Crippen molar-refractivity contribution < 1.29 is 24.1 Å². The molecule has 1 N–H and O–H groups in total. The van der Waals surface area contributed by atoms with E-state index in [1.54, 1.807) is 37.5 Å². The topological polar surface area (TPSA) is 87.0 Å². The van der Waals surface area contributed by atoms with Crippen molar-refractivity contribution in [1.29, 1.82) is 0 Å². The molecule has 0 spiro atoms. The molecule has 2 aliphatic heterocycles. The molecule has 3 aromatic rings. The lowest BCUT2D eigenvalue weighted by Gasteiger charge is -2.14. The lowest BCUT2D eigenvalue weighted by molar-refractivity contribution is 0.0520. The van der Waals surface area contributed by atoms with Crippen molar-refractivity contribution in [3.05, 3.63) is 88.4 Å². The molecule has 0 unspecified atom stereocenters. The van der Waals surface area contributed by atoms with E-state index >= 15 is 0 Å². The van der Waals surface area contributed by atoms with Crippen LogP contribution in [-0.4, -0.2) is 41.1 Å². The Hall–Kier alpha value is -3.58. The number of fused-ring (bicyclic) bond motifs is 2. The summed E-state index contributed by atoms with van der Waals surface area (Å²) in [5.41, 5.74) is 0.599. The number of aromatic hydroxyl groups is 1. The summed E-state index contributed by atoms with van der Waals surface area (Å²) in [6.45, 7) is 2.94. The van der Waals surface area contributed by atoms with Crippen LogP contribution in [0.25, 0.3) is 10.9 Å². The van der Waals surface area contributed by atoms with Crippen LogP contribution < -0.4 is 5.56 Å². The van der Waals surface area contributed by atoms with Gasteiger partial charge in [-0.3, -0.25) is 4.79 Å². The Bertz CT molecular complexity index is 1180. The van der Waals surface area contributed by atoms with Gasteiger partial charge in [-0.15, -0.1) is 0 Å². The van der Waals surface area contributed by atoms with E-state index in [4.69, 9.17) is 14.2 Å². The summed E-state index contributed by atoms with van der Waals surface area (Å²) in [5, 5.41) is 10.8. The Morgan fingerprint density at radius 2 is 1.91 bits per heavy atom. The maximum Gasteiger partial charge on any atom is 0.347 e. The smallest absolute Gasteiger partial charge is 0.347 e. The van der Waals surface area contributed by atoms with Gasteiger partial charge >= 0.3 is 5.97 Å². The third-order valence-electron chi connectivity index (χ3n) is 5.41. The summed E-state index contributed by atoms with van der Waals surface area (Å²) in [6, 6.07) is 16.4. The van der Waals surface area contributed by atoms with Gasteiger partial charge in [-0.1, -0.05) is 42.5 Å². The number of esters is 1. The highest BCUT2D eigenvalue weighted by Gasteiger charge is 2.30. The number of rotatable bonds is 4. The van der Waals surface area contributed by atoms with Gasteiger partial charge in [-0.2, -0.15) is 0 Å². The maximum atomic E-state index is 12.8. The molecule has 0 aliphatic carbocycles. The summed E-state index contributed by atoms with van der Waals surface area (Å²) in [5.74, 6) is -1.15. The Morgan fingerprint density at radius 1 is 1.16 bits per heavy atom. The Morgan fingerprint density at radius 3 is 2.66 bits per heavy atom. The molecule has 5 rings (SSSR count). The number of carbonyl (C=O) groups excluding carboxylic acids is 1. The highest BCUT2D eigenvalue weighted by atomic mass is 16.6. The van der Waals surface area contributed by atoms with E-state index in [9.17, 15) is 14.7 Å². The van der Waals surface area contributed by atoms with Crippen LogP contribution in [0.2, 0.25) is 0 Å². The number of para-hydroxylation sites is 1. The largest absolute Gasteiger partial charge is 0.506 e. The summed E-state index contributed by atoms with van der Waals surface area (Å²) < 4.78 is 16.9. The second kappa shape index (κ2) is 9.70. The molecular formula is C25H25NO6. The number of carbonyl (C=O) groups is 1. The van der Waals surface area contributed by atoms with Crippen molar-refractivity contribution in [2.45, 2.75) is 32.1 Å². The predicted octanol–water partition coefficient (Wildman–Crippen LogP) is 3.62. The van der Waals surface area contributed by atoms with Crippen molar-refractivity contribution in [3.8, 4) is 5.75 Å². The molecule has 7 nitrogen and oxygen atoms in total. The number of pyridine rings is 1. The van der Waals surface area contributed by atoms with E-state index in [0.29, 0.717) is 23.6 Å². The van der Waals surface area contributed by atoms with Crippen LogP contribution >= 0.6 is 0 Å². The van der Waals surface area contributed by atoms with E-state index in [-0.39, 0.29) is 24.0 Å². The molecule has 0 saturated carbocycles. The Kier molecular flexibility index (Phi) is 6.56. The molecule has 0 bridgehead atoms. The van der Waals surface area contributed by atoms with E-state index in [1.165, 1.54) is 4.57 Å². The average Bonchev–Trinajstić information content (AvgIpc) is 3.44. The fraction of sp³-hybridized carbons (Fsp3) is 0.280. The first-order valence-corrected chi connectivity index (χ1v) is 10.6. The number of hydrogen-bond acceptors (Lipinski definition) is 6. The molecule has 1 saturated heterocycles. The molecule has 0 amide bonds. The van der Waals surface area contributed by atoms with Gasteiger partial charge in [0.25, 0.3) is 5.56 Å². The van der Waals surface area contributed by atoms with Crippen LogP contribution in [0.15, 0.2) is 71.7 Å². The van der Waals surface area contributed by atoms with Crippen LogP contribution in [-0.2, 0) is 20.8 Å². The molecule has 2 atom stereocenters. The van der Waals surface area contributed by atoms with Gasteiger partial charge in [0.05, 0.1) is 31.5 Å². The minimum Gasteiger partial charge on any atom is -0.506 e. The number of benzene rings is 2. The number of ether oxygens (including phenoxy) is 3. The van der Waals surface area contributed by atoms with E-state index in [2.05, 4.69) is 0 Å². The zero-order valence-electron chi connectivity index (χ0n) is 17.8. The van der Waals surface area contributed by atoms with Crippen molar-refractivity contribution >= 4 is 16.9 Å². The second-order valence-corrected chi connectivity index (χ2v) is 7.47. The maximum absolute atomic E-state index is 12.8. The normalized spacial score (nSPS) is 18.5. The molecule has 32 heavy (non-hydrogen) atoms. The fourth-order valence-electron chi connectivity index (χ4n) is 3.84. The van der Waals surface area contributed by atoms with Gasteiger partial charge in [0, 0.05) is 11.8 Å². The first-order chi connectivity index (χ1) is 15.6. The molecule has 2 aromatic carbocycles. The van der Waals surface area contributed by atoms with Gasteiger partial charge in [0.1, 0.15) is 18.0 Å². The number of hydrogen-bond donors (Lipinski definition) is 1. The van der Waals surface area contributed by atoms with Crippen molar-refractivity contribution in [2.75, 3.05) is 13.2 Å². The molecular weight excluding hydrogens is 410 g/mol. The van der Waals surface area contributed by atoms with E-state index in [1.807, 2.05) is 36.4 Å². The minimum atomic E-state index is -0.812. The molecule has 0 radical (unpaired) electrons. The third kappa shape index (κ3) is 4.38.